The summed E-state index contributed by atoms with van der Waals surface area (Å²) in [7, 11) is -9.79. The van der Waals surface area contributed by atoms with Crippen LogP contribution in [-0.2, 0) is 32.2 Å². The maximum atomic E-state index is 15.9. The minimum absolute atomic E-state index is 0.00732. The van der Waals surface area contributed by atoms with Crippen molar-refractivity contribution < 1.29 is 50.7 Å². The van der Waals surface area contributed by atoms with Gasteiger partial charge in [-0.05, 0) is 6.42 Å². The number of anilines is 2. The van der Waals surface area contributed by atoms with Gasteiger partial charge in [-0.2, -0.15) is 4.98 Å². The van der Waals surface area contributed by atoms with Crippen LogP contribution in [0.3, 0.4) is 0 Å². The summed E-state index contributed by atoms with van der Waals surface area (Å²) in [5.74, 6) is -0.287. The number of rotatable bonds is 2. The Morgan fingerprint density at radius 2 is 1.56 bits per heavy atom. The molecule has 0 spiro atoms. The SMILES string of the molecule is Nc1nc2c(ncn2[C@@H]2O[C@@H]3CCP(=O)(O)O[C@H]4[C@@H](F)[C@H](n5cnc6c(N)ncnc65)O[C@@H]4COP(=O)(O)O[C@H]3[C@H]2F)c(=O)[nH]1. The van der Waals surface area contributed by atoms with Crippen molar-refractivity contribution in [3.63, 3.8) is 0 Å². The van der Waals surface area contributed by atoms with Crippen molar-refractivity contribution in [1.82, 2.24) is 39.0 Å². The number of hydrogen-bond acceptors (Lipinski definition) is 15. The quantitative estimate of drug-likeness (QED) is 0.176. The zero-order chi connectivity index (χ0) is 31.8. The Labute approximate surface area is 248 Å². The van der Waals surface area contributed by atoms with Crippen LogP contribution in [0.5, 0.6) is 0 Å². The van der Waals surface area contributed by atoms with Crippen LogP contribution in [-0.4, -0.2) is 98.4 Å². The molecule has 3 saturated heterocycles. The second-order valence-corrected chi connectivity index (χ2v) is 13.8. The summed E-state index contributed by atoms with van der Waals surface area (Å²) < 4.78 is 87.3. The average Bonchev–Trinajstić information content (AvgIpc) is 3.72. The summed E-state index contributed by atoms with van der Waals surface area (Å²) >= 11 is 0. The molecule has 242 valence electrons. The molecule has 4 aromatic heterocycles. The maximum Gasteiger partial charge on any atom is 0.472 e. The lowest BCUT2D eigenvalue weighted by Crippen LogP contribution is -2.36. The number of hydrogen-bond donors (Lipinski definition) is 5. The number of phosphoric acid groups is 1. The molecule has 4 aromatic rings. The third-order valence-corrected chi connectivity index (χ3v) is 9.94. The van der Waals surface area contributed by atoms with Crippen LogP contribution in [0.4, 0.5) is 20.5 Å². The minimum Gasteiger partial charge on any atom is -0.382 e. The number of aromatic nitrogens is 8. The van der Waals surface area contributed by atoms with E-state index in [4.69, 9.17) is 34.5 Å². The van der Waals surface area contributed by atoms with Gasteiger partial charge in [0.1, 0.15) is 30.2 Å². The number of H-pyrrole nitrogens is 1. The van der Waals surface area contributed by atoms with Crippen molar-refractivity contribution in [2.24, 2.45) is 0 Å². The predicted molar refractivity (Wildman–Crippen MR) is 145 cm³/mol. The molecule has 3 fully saturated rings. The molecule has 3 aliphatic heterocycles. The molecule has 2 unspecified atom stereocenters. The molecule has 0 bridgehead atoms. The molecule has 24 heteroatoms. The molecule has 0 aliphatic carbocycles. The molecule has 10 atom stereocenters. The molecule has 0 aromatic carbocycles. The van der Waals surface area contributed by atoms with Gasteiger partial charge in [0.05, 0.1) is 31.5 Å². The number of phosphoric ester groups is 1. The zero-order valence-corrected chi connectivity index (χ0v) is 24.4. The van der Waals surface area contributed by atoms with E-state index in [-0.39, 0.29) is 34.1 Å². The van der Waals surface area contributed by atoms with Gasteiger partial charge in [0.2, 0.25) is 5.95 Å². The standard InChI is InChI=1S/C21H24F2N10O10P2/c22-9-13-7(40-20(9)33-6-29-12-17(33)30-21(25)31-18(12)34)1-2-44(35,36)42-14-8(3-39-45(37,38)43-13)41-19(10(14)23)32-5-28-11-15(24)26-4-27-16(11)32/h4-10,13-14,19-20H,1-3H2,(H,35,36)(H,37,38)(H2,24,26,27)(H3,25,30,31,34)/t7-,8-,9-,10-,13-,14-,19-,20-/m1/s1. The predicted octanol–water partition coefficient (Wildman–Crippen LogP) is 0.0714. The number of nitrogens with two attached hydrogens (primary N) is 2. The highest BCUT2D eigenvalue weighted by molar-refractivity contribution is 7.52. The summed E-state index contributed by atoms with van der Waals surface area (Å²) in [5, 5.41) is 0. The van der Waals surface area contributed by atoms with Crippen LogP contribution in [0.25, 0.3) is 22.3 Å². The molecule has 0 saturated carbocycles. The first-order valence-corrected chi connectivity index (χ1v) is 16.5. The van der Waals surface area contributed by atoms with Gasteiger partial charge in [0.25, 0.3) is 5.56 Å². The van der Waals surface area contributed by atoms with Crippen molar-refractivity contribution in [1.29, 1.82) is 0 Å². The first kappa shape index (κ1) is 30.2. The third-order valence-electron chi connectivity index (χ3n) is 7.56. The van der Waals surface area contributed by atoms with Gasteiger partial charge in [-0.3, -0.25) is 37.0 Å². The van der Waals surface area contributed by atoms with E-state index >= 15 is 8.78 Å². The van der Waals surface area contributed by atoms with Crippen LogP contribution in [0, 0.1) is 0 Å². The van der Waals surface area contributed by atoms with Gasteiger partial charge in [-0.15, -0.1) is 0 Å². The molecule has 45 heavy (non-hydrogen) atoms. The highest BCUT2D eigenvalue weighted by Crippen LogP contribution is 2.54. The van der Waals surface area contributed by atoms with E-state index in [1.54, 1.807) is 0 Å². The molecular weight excluding hydrogens is 652 g/mol. The van der Waals surface area contributed by atoms with Crippen LogP contribution < -0.4 is 17.0 Å². The fourth-order valence-electron chi connectivity index (χ4n) is 5.52. The summed E-state index contributed by atoms with van der Waals surface area (Å²) in [6.45, 7) is -0.879. The Balaban J connectivity index is 1.17. The number of aromatic amines is 1. The molecule has 0 amide bonds. The number of alkyl halides is 2. The van der Waals surface area contributed by atoms with Crippen LogP contribution in [0.2, 0.25) is 0 Å². The number of nitrogens with zero attached hydrogens (tertiary/aromatic N) is 7. The minimum atomic E-state index is -5.12. The van der Waals surface area contributed by atoms with E-state index in [1.165, 1.54) is 6.33 Å². The van der Waals surface area contributed by atoms with Gasteiger partial charge < -0.3 is 30.7 Å². The number of nitrogens with one attached hydrogen (secondary N) is 1. The van der Waals surface area contributed by atoms with Crippen molar-refractivity contribution >= 4 is 49.5 Å². The summed E-state index contributed by atoms with van der Waals surface area (Å²) in [5.41, 5.74) is 10.6. The van der Waals surface area contributed by atoms with Gasteiger partial charge in [0.15, 0.2) is 47.4 Å². The van der Waals surface area contributed by atoms with Gasteiger partial charge >= 0.3 is 15.4 Å². The van der Waals surface area contributed by atoms with Gasteiger partial charge in [0, 0.05) is 0 Å². The fourth-order valence-corrected chi connectivity index (χ4v) is 7.80. The fraction of sp³-hybridized carbons (Fsp3) is 0.524. The second kappa shape index (κ2) is 10.8. The van der Waals surface area contributed by atoms with Crippen molar-refractivity contribution in [2.45, 2.75) is 55.6 Å². The Morgan fingerprint density at radius 3 is 2.29 bits per heavy atom. The summed E-state index contributed by atoms with van der Waals surface area (Å²) in [4.78, 5) is 55.5. The molecule has 20 nitrogen and oxygen atoms in total. The van der Waals surface area contributed by atoms with E-state index in [0.717, 1.165) is 21.8 Å². The normalized spacial score (nSPS) is 37.7. The van der Waals surface area contributed by atoms with Gasteiger partial charge in [-0.25, -0.2) is 33.3 Å². The lowest BCUT2D eigenvalue weighted by Gasteiger charge is -2.27. The second-order valence-electron chi connectivity index (χ2n) is 10.4. The lowest BCUT2D eigenvalue weighted by atomic mass is 10.1. The highest BCUT2D eigenvalue weighted by atomic mass is 31.2. The van der Waals surface area contributed by atoms with Crippen molar-refractivity contribution in [2.75, 3.05) is 24.2 Å². The molecule has 0 radical (unpaired) electrons. The van der Waals surface area contributed by atoms with Gasteiger partial charge in [-0.1, -0.05) is 0 Å². The smallest absolute Gasteiger partial charge is 0.382 e. The lowest BCUT2D eigenvalue weighted by molar-refractivity contribution is -0.0513. The summed E-state index contributed by atoms with van der Waals surface area (Å²) in [6.07, 6.45) is -11.9. The number of nitrogen functional groups attached to an aromatic ring is 2. The highest BCUT2D eigenvalue weighted by Gasteiger charge is 2.54. The summed E-state index contributed by atoms with van der Waals surface area (Å²) in [6, 6.07) is 0. The Morgan fingerprint density at radius 1 is 0.911 bits per heavy atom. The topological polar surface area (TPSA) is 280 Å². The Bertz CT molecular complexity index is 1940. The number of ether oxygens (including phenoxy) is 2. The molecule has 3 aliphatic rings. The van der Waals surface area contributed by atoms with Crippen LogP contribution in [0.1, 0.15) is 18.9 Å². The molecular formula is C21H24F2N10O10P2. The number of halogens is 2. The number of imidazole rings is 2. The first-order chi connectivity index (χ1) is 21.3. The van der Waals surface area contributed by atoms with Crippen LogP contribution in [0.15, 0.2) is 23.8 Å². The van der Waals surface area contributed by atoms with E-state index < -0.39 is 89.4 Å². The van der Waals surface area contributed by atoms with E-state index in [0.29, 0.717) is 0 Å². The maximum absolute atomic E-state index is 15.9. The van der Waals surface area contributed by atoms with Crippen molar-refractivity contribution in [3.05, 3.63) is 29.3 Å². The monoisotopic (exact) mass is 676 g/mol. The van der Waals surface area contributed by atoms with E-state index in [9.17, 15) is 23.7 Å². The zero-order valence-electron chi connectivity index (χ0n) is 22.6. The third kappa shape index (κ3) is 5.30. The molecule has 7 N–H and O–H groups in total. The molecule has 7 heterocycles. The van der Waals surface area contributed by atoms with Crippen molar-refractivity contribution in [3.8, 4) is 0 Å². The Hall–Kier alpha value is -3.46. The first-order valence-electron chi connectivity index (χ1n) is 13.2. The molecule has 7 rings (SSSR count). The largest absolute Gasteiger partial charge is 0.472 e. The van der Waals surface area contributed by atoms with E-state index in [2.05, 4.69) is 29.9 Å². The average molecular weight is 676 g/mol. The number of fused-ring (bicyclic) bond motifs is 4. The Kier molecular flexibility index (Phi) is 7.26. The van der Waals surface area contributed by atoms with Crippen LogP contribution >= 0.6 is 15.4 Å². The van der Waals surface area contributed by atoms with E-state index in [1.807, 2.05) is 0 Å².